The Hall–Kier alpha value is -0.0400. The SMILES string of the molecule is CCCC(O)(CCC)CC1CCCC1. The molecule has 84 valence electrons. The van der Waals surface area contributed by atoms with Crippen molar-refractivity contribution in [3.05, 3.63) is 0 Å². The van der Waals surface area contributed by atoms with Gasteiger partial charge in [-0.15, -0.1) is 0 Å². The van der Waals surface area contributed by atoms with E-state index in [9.17, 15) is 5.11 Å². The first kappa shape index (κ1) is 12.0. The molecule has 1 aliphatic rings. The lowest BCUT2D eigenvalue weighted by atomic mass is 9.83. The zero-order chi connectivity index (χ0) is 10.4. The lowest BCUT2D eigenvalue weighted by Crippen LogP contribution is -2.30. The van der Waals surface area contributed by atoms with E-state index in [0.29, 0.717) is 0 Å². The molecule has 0 amide bonds. The molecule has 1 nitrogen and oxygen atoms in total. The van der Waals surface area contributed by atoms with E-state index in [1.54, 1.807) is 0 Å². The maximum Gasteiger partial charge on any atom is 0.0650 e. The molecular weight excluding hydrogens is 172 g/mol. The smallest absolute Gasteiger partial charge is 0.0650 e. The van der Waals surface area contributed by atoms with Crippen molar-refractivity contribution in [1.82, 2.24) is 0 Å². The summed E-state index contributed by atoms with van der Waals surface area (Å²) < 4.78 is 0. The molecule has 0 spiro atoms. The van der Waals surface area contributed by atoms with Crippen molar-refractivity contribution < 1.29 is 5.11 Å². The lowest BCUT2D eigenvalue weighted by molar-refractivity contribution is -0.00140. The molecule has 0 saturated heterocycles. The van der Waals surface area contributed by atoms with E-state index in [1.807, 2.05) is 0 Å². The van der Waals surface area contributed by atoms with Crippen molar-refractivity contribution in [3.63, 3.8) is 0 Å². The van der Waals surface area contributed by atoms with Gasteiger partial charge in [-0.3, -0.25) is 0 Å². The number of aliphatic hydroxyl groups is 1. The zero-order valence-electron chi connectivity index (χ0n) is 9.89. The van der Waals surface area contributed by atoms with Crippen LogP contribution < -0.4 is 0 Å². The Labute approximate surface area is 88.9 Å². The van der Waals surface area contributed by atoms with Gasteiger partial charge in [0.1, 0.15) is 0 Å². The molecule has 0 aromatic heterocycles. The van der Waals surface area contributed by atoms with E-state index < -0.39 is 0 Å². The lowest BCUT2D eigenvalue weighted by Gasteiger charge is -2.30. The molecule has 0 atom stereocenters. The molecule has 0 heterocycles. The molecule has 0 aromatic carbocycles. The Bertz CT molecular complexity index is 141. The first-order valence-electron chi connectivity index (χ1n) is 6.42. The topological polar surface area (TPSA) is 20.2 Å². The highest BCUT2D eigenvalue weighted by molar-refractivity contribution is 4.82. The van der Waals surface area contributed by atoms with Gasteiger partial charge in [-0.25, -0.2) is 0 Å². The van der Waals surface area contributed by atoms with Gasteiger partial charge in [-0.1, -0.05) is 52.4 Å². The summed E-state index contributed by atoms with van der Waals surface area (Å²) in [7, 11) is 0. The Kier molecular flexibility index (Phi) is 4.94. The third kappa shape index (κ3) is 3.61. The maximum absolute atomic E-state index is 10.5. The second-order valence-corrected chi connectivity index (χ2v) is 5.08. The third-order valence-electron chi connectivity index (χ3n) is 3.57. The highest BCUT2D eigenvalue weighted by Crippen LogP contribution is 2.35. The maximum atomic E-state index is 10.5. The normalized spacial score (nSPS) is 19.1. The minimum atomic E-state index is -0.335. The van der Waals surface area contributed by atoms with E-state index in [0.717, 1.165) is 38.0 Å². The predicted molar refractivity (Wildman–Crippen MR) is 61.3 cm³/mol. The molecule has 0 bridgehead atoms. The Morgan fingerprint density at radius 2 is 1.57 bits per heavy atom. The van der Waals surface area contributed by atoms with Gasteiger partial charge in [0.2, 0.25) is 0 Å². The molecule has 1 saturated carbocycles. The van der Waals surface area contributed by atoms with Crippen molar-refractivity contribution in [2.24, 2.45) is 5.92 Å². The second kappa shape index (κ2) is 5.75. The van der Waals surface area contributed by atoms with Gasteiger partial charge >= 0.3 is 0 Å². The molecule has 0 aliphatic heterocycles. The summed E-state index contributed by atoms with van der Waals surface area (Å²) in [6, 6.07) is 0. The Balaban J connectivity index is 2.39. The molecule has 1 heteroatoms. The highest BCUT2D eigenvalue weighted by atomic mass is 16.3. The van der Waals surface area contributed by atoms with E-state index >= 15 is 0 Å². The van der Waals surface area contributed by atoms with Crippen LogP contribution in [-0.2, 0) is 0 Å². The average Bonchev–Trinajstić information content (AvgIpc) is 2.57. The number of hydrogen-bond donors (Lipinski definition) is 1. The fourth-order valence-electron chi connectivity index (χ4n) is 3.01. The molecular formula is C13H26O. The Morgan fingerprint density at radius 3 is 2.00 bits per heavy atom. The van der Waals surface area contributed by atoms with Crippen LogP contribution in [0.25, 0.3) is 0 Å². The quantitative estimate of drug-likeness (QED) is 0.686. The van der Waals surface area contributed by atoms with Crippen LogP contribution in [0.2, 0.25) is 0 Å². The van der Waals surface area contributed by atoms with Gasteiger partial charge in [0, 0.05) is 0 Å². The Morgan fingerprint density at radius 1 is 1.07 bits per heavy atom. The molecule has 1 fully saturated rings. The fraction of sp³-hybridized carbons (Fsp3) is 1.00. The van der Waals surface area contributed by atoms with Crippen molar-refractivity contribution in [3.8, 4) is 0 Å². The van der Waals surface area contributed by atoms with Gasteiger partial charge < -0.3 is 5.11 Å². The minimum Gasteiger partial charge on any atom is -0.390 e. The van der Waals surface area contributed by atoms with Crippen LogP contribution in [0.3, 0.4) is 0 Å². The average molecular weight is 198 g/mol. The van der Waals surface area contributed by atoms with Crippen LogP contribution in [-0.4, -0.2) is 10.7 Å². The van der Waals surface area contributed by atoms with Crippen molar-refractivity contribution in [2.45, 2.75) is 77.2 Å². The van der Waals surface area contributed by atoms with Crippen LogP contribution in [0, 0.1) is 5.92 Å². The second-order valence-electron chi connectivity index (χ2n) is 5.08. The summed E-state index contributed by atoms with van der Waals surface area (Å²) in [5.74, 6) is 0.818. The van der Waals surface area contributed by atoms with Crippen molar-refractivity contribution in [1.29, 1.82) is 0 Å². The molecule has 0 unspecified atom stereocenters. The van der Waals surface area contributed by atoms with Gasteiger partial charge in [0.05, 0.1) is 5.60 Å². The molecule has 1 N–H and O–H groups in total. The molecule has 0 radical (unpaired) electrons. The largest absolute Gasteiger partial charge is 0.390 e. The van der Waals surface area contributed by atoms with Crippen LogP contribution in [0.1, 0.15) is 71.6 Å². The van der Waals surface area contributed by atoms with Crippen LogP contribution in [0.4, 0.5) is 0 Å². The van der Waals surface area contributed by atoms with E-state index in [4.69, 9.17) is 0 Å². The van der Waals surface area contributed by atoms with Crippen LogP contribution >= 0.6 is 0 Å². The van der Waals surface area contributed by atoms with E-state index in [2.05, 4.69) is 13.8 Å². The summed E-state index contributed by atoms with van der Waals surface area (Å²) in [6.45, 7) is 4.35. The van der Waals surface area contributed by atoms with E-state index in [1.165, 1.54) is 25.7 Å². The monoisotopic (exact) mass is 198 g/mol. The van der Waals surface area contributed by atoms with Gasteiger partial charge in [-0.2, -0.15) is 0 Å². The van der Waals surface area contributed by atoms with Crippen molar-refractivity contribution in [2.75, 3.05) is 0 Å². The standard InChI is InChI=1S/C13H26O/c1-3-9-13(14,10-4-2)11-12-7-5-6-8-12/h12,14H,3-11H2,1-2H3. The summed E-state index contributed by atoms with van der Waals surface area (Å²) in [5, 5.41) is 10.5. The van der Waals surface area contributed by atoms with Crippen LogP contribution in [0.5, 0.6) is 0 Å². The highest BCUT2D eigenvalue weighted by Gasteiger charge is 2.29. The molecule has 1 rings (SSSR count). The van der Waals surface area contributed by atoms with Crippen LogP contribution in [0.15, 0.2) is 0 Å². The summed E-state index contributed by atoms with van der Waals surface area (Å²) in [6.07, 6.45) is 10.8. The summed E-state index contributed by atoms with van der Waals surface area (Å²) in [5.41, 5.74) is -0.335. The first-order valence-corrected chi connectivity index (χ1v) is 6.42. The predicted octanol–water partition coefficient (Wildman–Crippen LogP) is 3.90. The number of rotatable bonds is 6. The fourth-order valence-corrected chi connectivity index (χ4v) is 3.01. The van der Waals surface area contributed by atoms with E-state index in [-0.39, 0.29) is 5.60 Å². The first-order chi connectivity index (χ1) is 6.70. The third-order valence-corrected chi connectivity index (χ3v) is 3.57. The number of hydrogen-bond acceptors (Lipinski definition) is 1. The zero-order valence-corrected chi connectivity index (χ0v) is 9.89. The summed E-state index contributed by atoms with van der Waals surface area (Å²) in [4.78, 5) is 0. The minimum absolute atomic E-state index is 0.335. The van der Waals surface area contributed by atoms with Gasteiger partial charge in [0.25, 0.3) is 0 Å². The van der Waals surface area contributed by atoms with Crippen molar-refractivity contribution >= 4 is 0 Å². The molecule has 0 aromatic rings. The molecule has 1 aliphatic carbocycles. The molecule has 14 heavy (non-hydrogen) atoms. The van der Waals surface area contributed by atoms with Gasteiger partial charge in [0.15, 0.2) is 0 Å². The summed E-state index contributed by atoms with van der Waals surface area (Å²) >= 11 is 0. The van der Waals surface area contributed by atoms with Gasteiger partial charge in [-0.05, 0) is 25.2 Å².